The van der Waals surface area contributed by atoms with Crippen LogP contribution in [-0.2, 0) is 9.59 Å². The Morgan fingerprint density at radius 3 is 2.54 bits per heavy atom. The van der Waals surface area contributed by atoms with E-state index in [0.29, 0.717) is 19.4 Å². The predicted octanol–water partition coefficient (Wildman–Crippen LogP) is 1.29. The van der Waals surface area contributed by atoms with Gasteiger partial charge in [-0.3, -0.25) is 9.59 Å². The summed E-state index contributed by atoms with van der Waals surface area (Å²) in [6, 6.07) is 0. The maximum absolute atomic E-state index is 11.1. The molecule has 0 bridgehead atoms. The molecule has 0 aromatic rings. The lowest BCUT2D eigenvalue weighted by Gasteiger charge is -2.03. The highest BCUT2D eigenvalue weighted by molar-refractivity contribution is 5.86. The number of carbonyl (C=O) groups is 2. The molecule has 0 saturated heterocycles. The summed E-state index contributed by atoms with van der Waals surface area (Å²) in [6.45, 7) is 7.63. The summed E-state index contributed by atoms with van der Waals surface area (Å²) < 4.78 is 0. The fourth-order valence-corrected chi connectivity index (χ4v) is 0.835. The summed E-state index contributed by atoms with van der Waals surface area (Å²) in [7, 11) is 0. The molecular weight excluding hydrogens is 166 g/mol. The second kappa shape index (κ2) is 6.40. The summed E-state index contributed by atoms with van der Waals surface area (Å²) in [4.78, 5) is 21.8. The van der Waals surface area contributed by atoms with Crippen LogP contribution in [0, 0.1) is 5.92 Å². The normalized spacial score (nSPS) is 9.77. The van der Waals surface area contributed by atoms with Crippen LogP contribution >= 0.6 is 0 Å². The van der Waals surface area contributed by atoms with E-state index in [1.165, 1.54) is 6.08 Å². The van der Waals surface area contributed by atoms with Crippen LogP contribution in [0.5, 0.6) is 0 Å². The third-order valence-electron chi connectivity index (χ3n) is 1.73. The first kappa shape index (κ1) is 11.9. The van der Waals surface area contributed by atoms with E-state index < -0.39 is 0 Å². The van der Waals surface area contributed by atoms with E-state index in [-0.39, 0.29) is 17.6 Å². The van der Waals surface area contributed by atoms with Crippen LogP contribution in [0.25, 0.3) is 0 Å². The van der Waals surface area contributed by atoms with Gasteiger partial charge < -0.3 is 5.32 Å². The molecule has 0 aromatic heterocycles. The van der Waals surface area contributed by atoms with Crippen molar-refractivity contribution in [3.05, 3.63) is 12.7 Å². The molecule has 3 nitrogen and oxygen atoms in total. The SMILES string of the molecule is C=CC(=O)NCCCC(=O)C(C)C. The molecule has 0 unspecified atom stereocenters. The predicted molar refractivity (Wildman–Crippen MR) is 52.3 cm³/mol. The van der Waals surface area contributed by atoms with Crippen molar-refractivity contribution in [2.45, 2.75) is 26.7 Å². The molecule has 3 heteroatoms. The summed E-state index contributed by atoms with van der Waals surface area (Å²) in [5.41, 5.74) is 0. The lowest BCUT2D eigenvalue weighted by Crippen LogP contribution is -2.22. The summed E-state index contributed by atoms with van der Waals surface area (Å²) in [5, 5.41) is 2.62. The van der Waals surface area contributed by atoms with Gasteiger partial charge in [0.25, 0.3) is 0 Å². The number of amides is 1. The Kier molecular flexibility index (Phi) is 5.85. The Morgan fingerprint density at radius 2 is 2.08 bits per heavy atom. The summed E-state index contributed by atoms with van der Waals surface area (Å²) in [5.74, 6) is 0.153. The van der Waals surface area contributed by atoms with Gasteiger partial charge in [0.15, 0.2) is 0 Å². The number of rotatable bonds is 6. The molecule has 1 N–H and O–H groups in total. The van der Waals surface area contributed by atoms with Crippen LogP contribution in [-0.4, -0.2) is 18.2 Å². The molecule has 0 fully saturated rings. The van der Waals surface area contributed by atoms with Gasteiger partial charge in [0.2, 0.25) is 5.91 Å². The minimum Gasteiger partial charge on any atom is -0.353 e. The second-order valence-corrected chi connectivity index (χ2v) is 3.22. The van der Waals surface area contributed by atoms with Crippen molar-refractivity contribution in [1.29, 1.82) is 0 Å². The van der Waals surface area contributed by atoms with Gasteiger partial charge in [0.1, 0.15) is 5.78 Å². The van der Waals surface area contributed by atoms with Crippen molar-refractivity contribution in [2.24, 2.45) is 5.92 Å². The molecule has 0 spiro atoms. The number of hydrogen-bond acceptors (Lipinski definition) is 2. The largest absolute Gasteiger partial charge is 0.353 e. The third-order valence-corrected chi connectivity index (χ3v) is 1.73. The number of ketones is 1. The minimum atomic E-state index is -0.183. The van der Waals surface area contributed by atoms with Crippen molar-refractivity contribution >= 4 is 11.7 Å². The van der Waals surface area contributed by atoms with Crippen LogP contribution in [0.2, 0.25) is 0 Å². The first-order valence-electron chi connectivity index (χ1n) is 4.51. The van der Waals surface area contributed by atoms with E-state index in [1.807, 2.05) is 13.8 Å². The van der Waals surface area contributed by atoms with Crippen LogP contribution in [0.3, 0.4) is 0 Å². The molecule has 0 aromatic carbocycles. The highest BCUT2D eigenvalue weighted by Gasteiger charge is 2.05. The Bertz CT molecular complexity index is 197. The van der Waals surface area contributed by atoms with Crippen LogP contribution < -0.4 is 5.32 Å². The van der Waals surface area contributed by atoms with Crippen molar-refractivity contribution in [1.82, 2.24) is 5.32 Å². The molecule has 74 valence electrons. The highest BCUT2D eigenvalue weighted by Crippen LogP contribution is 2.00. The molecular formula is C10H17NO2. The summed E-state index contributed by atoms with van der Waals surface area (Å²) in [6.07, 6.45) is 2.47. The van der Waals surface area contributed by atoms with E-state index in [0.717, 1.165) is 0 Å². The van der Waals surface area contributed by atoms with E-state index in [2.05, 4.69) is 11.9 Å². The Morgan fingerprint density at radius 1 is 1.46 bits per heavy atom. The Labute approximate surface area is 79.2 Å². The molecule has 0 radical (unpaired) electrons. The molecule has 1 amide bonds. The first-order chi connectivity index (χ1) is 6.07. The number of carbonyl (C=O) groups excluding carboxylic acids is 2. The molecule has 0 aliphatic carbocycles. The van der Waals surface area contributed by atoms with Crippen LogP contribution in [0.1, 0.15) is 26.7 Å². The monoisotopic (exact) mass is 183 g/mol. The maximum atomic E-state index is 11.1. The number of Topliss-reactive ketones (excluding diaryl/α,β-unsaturated/α-hetero) is 1. The van der Waals surface area contributed by atoms with Crippen molar-refractivity contribution < 1.29 is 9.59 Å². The fourth-order valence-electron chi connectivity index (χ4n) is 0.835. The third kappa shape index (κ3) is 6.08. The zero-order valence-electron chi connectivity index (χ0n) is 8.30. The van der Waals surface area contributed by atoms with E-state index in [9.17, 15) is 9.59 Å². The number of nitrogens with one attached hydrogen (secondary N) is 1. The average Bonchev–Trinajstić information content (AvgIpc) is 2.11. The lowest BCUT2D eigenvalue weighted by atomic mass is 10.1. The lowest BCUT2D eigenvalue weighted by molar-refractivity contribution is -0.122. The van der Waals surface area contributed by atoms with Gasteiger partial charge in [-0.1, -0.05) is 20.4 Å². The molecule has 0 aliphatic heterocycles. The minimum absolute atomic E-state index is 0.0927. The molecule has 13 heavy (non-hydrogen) atoms. The zero-order chi connectivity index (χ0) is 10.3. The molecule has 0 saturated carbocycles. The van der Waals surface area contributed by atoms with Gasteiger partial charge in [-0.05, 0) is 12.5 Å². The van der Waals surface area contributed by atoms with Crippen LogP contribution in [0.15, 0.2) is 12.7 Å². The average molecular weight is 183 g/mol. The van der Waals surface area contributed by atoms with Gasteiger partial charge >= 0.3 is 0 Å². The van der Waals surface area contributed by atoms with Crippen molar-refractivity contribution in [2.75, 3.05) is 6.54 Å². The standard InChI is InChI=1S/C10H17NO2/c1-4-10(13)11-7-5-6-9(12)8(2)3/h4,8H,1,5-7H2,2-3H3,(H,11,13). The van der Waals surface area contributed by atoms with Crippen LogP contribution in [0.4, 0.5) is 0 Å². The molecule has 0 aliphatic rings. The molecule has 0 atom stereocenters. The molecule has 0 rings (SSSR count). The Hall–Kier alpha value is -1.12. The van der Waals surface area contributed by atoms with Crippen molar-refractivity contribution in [3.63, 3.8) is 0 Å². The highest BCUT2D eigenvalue weighted by atomic mass is 16.1. The van der Waals surface area contributed by atoms with Gasteiger partial charge in [-0.2, -0.15) is 0 Å². The van der Waals surface area contributed by atoms with Gasteiger partial charge in [0.05, 0.1) is 0 Å². The fraction of sp³-hybridized carbons (Fsp3) is 0.600. The van der Waals surface area contributed by atoms with Gasteiger partial charge in [-0.15, -0.1) is 0 Å². The van der Waals surface area contributed by atoms with E-state index >= 15 is 0 Å². The van der Waals surface area contributed by atoms with Gasteiger partial charge in [0, 0.05) is 18.9 Å². The topological polar surface area (TPSA) is 46.2 Å². The van der Waals surface area contributed by atoms with E-state index in [1.54, 1.807) is 0 Å². The summed E-state index contributed by atoms with van der Waals surface area (Å²) >= 11 is 0. The first-order valence-corrected chi connectivity index (χ1v) is 4.51. The number of hydrogen-bond donors (Lipinski definition) is 1. The quantitative estimate of drug-likeness (QED) is 0.498. The zero-order valence-corrected chi connectivity index (χ0v) is 8.30. The maximum Gasteiger partial charge on any atom is 0.243 e. The second-order valence-electron chi connectivity index (χ2n) is 3.22. The smallest absolute Gasteiger partial charge is 0.243 e. The Balaban J connectivity index is 3.41. The van der Waals surface area contributed by atoms with Crippen molar-refractivity contribution in [3.8, 4) is 0 Å². The molecule has 0 heterocycles. The van der Waals surface area contributed by atoms with E-state index in [4.69, 9.17) is 0 Å². The van der Waals surface area contributed by atoms with Gasteiger partial charge in [-0.25, -0.2) is 0 Å².